The largest absolute Gasteiger partial charge is 0.491 e. The SMILES string of the molecule is CCCC[C@@H](C(=O)C(=O)Nc1ccn[nH]1)N(C(=O)O)C(COc1ccc(C(N)=O)cc1)C(C)(C)C. The summed E-state index contributed by atoms with van der Waals surface area (Å²) in [4.78, 5) is 50.7. The summed E-state index contributed by atoms with van der Waals surface area (Å²) < 4.78 is 5.86. The van der Waals surface area contributed by atoms with Gasteiger partial charge in [-0.1, -0.05) is 40.5 Å². The molecule has 1 heterocycles. The average Bonchev–Trinajstić information content (AvgIpc) is 3.30. The van der Waals surface area contributed by atoms with Gasteiger partial charge in [-0.3, -0.25) is 24.4 Å². The van der Waals surface area contributed by atoms with E-state index in [0.717, 1.165) is 4.90 Å². The van der Waals surface area contributed by atoms with E-state index in [9.17, 15) is 24.3 Å². The molecule has 1 unspecified atom stereocenters. The number of aromatic amines is 1. The number of unbranched alkanes of at least 4 members (excludes halogenated alkanes) is 1. The number of carboxylic acid groups (broad SMARTS) is 1. The van der Waals surface area contributed by atoms with E-state index in [-0.39, 0.29) is 18.8 Å². The van der Waals surface area contributed by atoms with Crippen molar-refractivity contribution in [2.45, 2.75) is 59.0 Å². The van der Waals surface area contributed by atoms with Crippen molar-refractivity contribution in [3.8, 4) is 5.75 Å². The number of hydrogen-bond acceptors (Lipinski definition) is 6. The summed E-state index contributed by atoms with van der Waals surface area (Å²) in [5, 5.41) is 18.9. The molecule has 2 rings (SSSR count). The molecule has 0 radical (unpaired) electrons. The minimum atomic E-state index is -1.33. The highest BCUT2D eigenvalue weighted by Gasteiger charge is 2.42. The Kier molecular flexibility index (Phi) is 9.38. The summed E-state index contributed by atoms with van der Waals surface area (Å²) in [6.07, 6.45) is 1.52. The summed E-state index contributed by atoms with van der Waals surface area (Å²) in [5.74, 6) is -1.74. The van der Waals surface area contributed by atoms with Gasteiger partial charge in [0.25, 0.3) is 5.91 Å². The molecule has 2 aromatic rings. The molecule has 0 aliphatic heterocycles. The molecule has 2 atom stereocenters. The smallest absolute Gasteiger partial charge is 0.408 e. The number of primary amides is 1. The zero-order valence-electron chi connectivity index (χ0n) is 20.4. The van der Waals surface area contributed by atoms with Gasteiger partial charge in [0.2, 0.25) is 11.7 Å². The summed E-state index contributed by atoms with van der Waals surface area (Å²) in [6, 6.07) is 5.63. The molecule has 35 heavy (non-hydrogen) atoms. The molecule has 11 nitrogen and oxygen atoms in total. The van der Waals surface area contributed by atoms with Gasteiger partial charge in [0.15, 0.2) is 0 Å². The van der Waals surface area contributed by atoms with Crippen molar-refractivity contribution in [3.63, 3.8) is 0 Å². The molecule has 0 spiro atoms. The fourth-order valence-electron chi connectivity index (χ4n) is 3.58. The average molecular weight is 488 g/mol. The maximum Gasteiger partial charge on any atom is 0.408 e. The zero-order chi connectivity index (χ0) is 26.2. The number of ketones is 1. The molecular formula is C24H33N5O6. The molecule has 0 saturated carbocycles. The van der Waals surface area contributed by atoms with Crippen LogP contribution in [0.4, 0.5) is 10.6 Å². The third kappa shape index (κ3) is 7.56. The van der Waals surface area contributed by atoms with Gasteiger partial charge in [0, 0.05) is 11.6 Å². The Hall–Kier alpha value is -3.89. The van der Waals surface area contributed by atoms with Crippen LogP contribution < -0.4 is 15.8 Å². The number of carbonyl (C=O) groups is 4. The van der Waals surface area contributed by atoms with Crippen LogP contribution in [0.25, 0.3) is 0 Å². The lowest BCUT2D eigenvalue weighted by molar-refractivity contribution is -0.139. The van der Waals surface area contributed by atoms with E-state index in [0.29, 0.717) is 24.2 Å². The van der Waals surface area contributed by atoms with Gasteiger partial charge in [-0.25, -0.2) is 4.79 Å². The molecule has 1 aromatic carbocycles. The molecular weight excluding hydrogens is 454 g/mol. The van der Waals surface area contributed by atoms with Crippen molar-refractivity contribution in [2.24, 2.45) is 11.1 Å². The van der Waals surface area contributed by atoms with Crippen LogP contribution in [0, 0.1) is 5.41 Å². The van der Waals surface area contributed by atoms with E-state index in [1.165, 1.54) is 24.4 Å². The summed E-state index contributed by atoms with van der Waals surface area (Å²) in [7, 11) is 0. The number of hydrogen-bond donors (Lipinski definition) is 4. The second kappa shape index (κ2) is 12.0. The van der Waals surface area contributed by atoms with Crippen molar-refractivity contribution in [1.82, 2.24) is 15.1 Å². The van der Waals surface area contributed by atoms with Crippen LogP contribution in [0.1, 0.15) is 57.3 Å². The van der Waals surface area contributed by atoms with E-state index in [1.54, 1.807) is 12.1 Å². The van der Waals surface area contributed by atoms with E-state index in [4.69, 9.17) is 10.5 Å². The first-order valence-corrected chi connectivity index (χ1v) is 11.3. The second-order valence-corrected chi connectivity index (χ2v) is 9.22. The first-order valence-electron chi connectivity index (χ1n) is 11.3. The van der Waals surface area contributed by atoms with Crippen molar-refractivity contribution in [1.29, 1.82) is 0 Å². The van der Waals surface area contributed by atoms with E-state index >= 15 is 0 Å². The number of rotatable bonds is 12. The second-order valence-electron chi connectivity index (χ2n) is 9.22. The van der Waals surface area contributed by atoms with Crippen molar-refractivity contribution < 1.29 is 29.0 Å². The van der Waals surface area contributed by atoms with Gasteiger partial charge >= 0.3 is 6.09 Å². The number of aromatic nitrogens is 2. The van der Waals surface area contributed by atoms with Crippen LogP contribution in [0.3, 0.4) is 0 Å². The van der Waals surface area contributed by atoms with Crippen LogP contribution in [-0.4, -0.2) is 62.6 Å². The van der Waals surface area contributed by atoms with Gasteiger partial charge in [-0.2, -0.15) is 5.10 Å². The number of nitrogens with two attached hydrogens (primary N) is 1. The predicted molar refractivity (Wildman–Crippen MR) is 129 cm³/mol. The molecule has 3 amide bonds. The summed E-state index contributed by atoms with van der Waals surface area (Å²) in [6.45, 7) is 7.33. The summed E-state index contributed by atoms with van der Waals surface area (Å²) in [5.41, 5.74) is 4.93. The van der Waals surface area contributed by atoms with Crippen LogP contribution >= 0.6 is 0 Å². The third-order valence-corrected chi connectivity index (χ3v) is 5.55. The standard InChI is InChI=1S/C24H33N5O6/c1-5-6-7-17(20(30)22(32)27-19-12-13-26-28-19)29(23(33)34)18(24(2,3)4)14-35-16-10-8-15(9-11-16)21(25)31/h8-13,17-18H,5-7,14H2,1-4H3,(H2,25,31)(H,33,34)(H2,26,27,28,32)/t17-,18?/m0/s1. The topological polar surface area (TPSA) is 168 Å². The predicted octanol–water partition coefficient (Wildman–Crippen LogP) is 3.05. The monoisotopic (exact) mass is 487 g/mol. The minimum Gasteiger partial charge on any atom is -0.491 e. The number of H-pyrrole nitrogens is 1. The van der Waals surface area contributed by atoms with E-state index in [2.05, 4.69) is 15.5 Å². The van der Waals surface area contributed by atoms with Gasteiger partial charge in [0.1, 0.15) is 24.2 Å². The van der Waals surface area contributed by atoms with Crippen molar-refractivity contribution in [2.75, 3.05) is 11.9 Å². The van der Waals surface area contributed by atoms with Crippen LogP contribution in [0.2, 0.25) is 0 Å². The Morgan fingerprint density at radius 1 is 1.17 bits per heavy atom. The first-order chi connectivity index (χ1) is 16.5. The Bertz CT molecular complexity index is 1010. The van der Waals surface area contributed by atoms with Gasteiger partial charge in [-0.15, -0.1) is 0 Å². The number of ether oxygens (including phenoxy) is 1. The molecule has 0 aliphatic rings. The Morgan fingerprint density at radius 3 is 2.31 bits per heavy atom. The van der Waals surface area contributed by atoms with E-state index < -0.39 is 41.2 Å². The fourth-order valence-corrected chi connectivity index (χ4v) is 3.58. The lowest BCUT2D eigenvalue weighted by Gasteiger charge is -2.41. The highest BCUT2D eigenvalue weighted by molar-refractivity contribution is 6.42. The highest BCUT2D eigenvalue weighted by Crippen LogP contribution is 2.29. The number of nitrogens with zero attached hydrogens (tertiary/aromatic N) is 2. The Balaban J connectivity index is 2.33. The molecule has 1 aromatic heterocycles. The van der Waals surface area contributed by atoms with E-state index in [1.807, 2.05) is 27.7 Å². The number of benzene rings is 1. The lowest BCUT2D eigenvalue weighted by Crippen LogP contribution is -2.58. The maximum absolute atomic E-state index is 13.2. The van der Waals surface area contributed by atoms with Gasteiger partial charge < -0.3 is 20.9 Å². The quantitative estimate of drug-likeness (QED) is 0.334. The molecule has 11 heteroatoms. The number of nitrogens with one attached hydrogen (secondary N) is 2. The number of amides is 3. The Morgan fingerprint density at radius 2 is 1.83 bits per heavy atom. The van der Waals surface area contributed by atoms with Crippen molar-refractivity contribution in [3.05, 3.63) is 42.1 Å². The number of carbonyl (C=O) groups excluding carboxylic acids is 3. The Labute approximate surface area is 204 Å². The summed E-state index contributed by atoms with van der Waals surface area (Å²) >= 11 is 0. The highest BCUT2D eigenvalue weighted by atomic mass is 16.5. The maximum atomic E-state index is 13.2. The molecule has 190 valence electrons. The zero-order valence-corrected chi connectivity index (χ0v) is 20.4. The molecule has 0 fully saturated rings. The third-order valence-electron chi connectivity index (χ3n) is 5.55. The van der Waals surface area contributed by atoms with Gasteiger partial charge in [-0.05, 0) is 36.1 Å². The first kappa shape index (κ1) is 27.4. The molecule has 5 N–H and O–H groups in total. The van der Waals surface area contributed by atoms with Crippen LogP contribution in [-0.2, 0) is 9.59 Å². The normalized spacial score (nSPS) is 12.9. The minimum absolute atomic E-state index is 0.0796. The number of anilines is 1. The van der Waals surface area contributed by atoms with Gasteiger partial charge in [0.05, 0.1) is 12.2 Å². The molecule has 0 saturated heterocycles. The molecule has 0 bridgehead atoms. The number of Topliss-reactive ketones (excluding diaryl/α,β-unsaturated/α-hetero) is 1. The fraction of sp³-hybridized carbons (Fsp3) is 0.458. The molecule has 0 aliphatic carbocycles. The van der Waals surface area contributed by atoms with Crippen LogP contribution in [0.5, 0.6) is 5.75 Å². The lowest BCUT2D eigenvalue weighted by atomic mass is 9.84. The van der Waals surface area contributed by atoms with Crippen LogP contribution in [0.15, 0.2) is 36.5 Å². The van der Waals surface area contributed by atoms with Crippen molar-refractivity contribution >= 4 is 29.5 Å².